The van der Waals surface area contributed by atoms with Gasteiger partial charge < -0.3 is 14.9 Å². The Kier molecular flexibility index (Phi) is 2.43. The van der Waals surface area contributed by atoms with E-state index in [0.717, 1.165) is 36.3 Å². The first-order chi connectivity index (χ1) is 10.0. The second-order valence-electron chi connectivity index (χ2n) is 6.10. The van der Waals surface area contributed by atoms with E-state index in [-0.39, 0.29) is 11.0 Å². The van der Waals surface area contributed by atoms with Crippen molar-refractivity contribution in [3.8, 4) is 11.3 Å². The van der Waals surface area contributed by atoms with Crippen LogP contribution in [0.2, 0.25) is 5.02 Å². The average molecular weight is 305 g/mol. The molecule has 108 valence electrons. The van der Waals surface area contributed by atoms with Gasteiger partial charge >= 0.3 is 6.09 Å². The van der Waals surface area contributed by atoms with Crippen molar-refractivity contribution in [1.29, 1.82) is 0 Å². The third-order valence-electron chi connectivity index (χ3n) is 4.58. The number of hydrogen-bond donors (Lipinski definition) is 2. The summed E-state index contributed by atoms with van der Waals surface area (Å²) < 4.78 is 5.49. The molecular weight excluding hydrogens is 292 g/mol. The molecule has 2 bridgehead atoms. The molecule has 6 heteroatoms. The molecular formula is C15H13ClN2O3. The second-order valence-corrected chi connectivity index (χ2v) is 6.54. The van der Waals surface area contributed by atoms with Crippen LogP contribution in [-0.4, -0.2) is 21.9 Å². The van der Waals surface area contributed by atoms with Crippen molar-refractivity contribution < 1.29 is 14.4 Å². The van der Waals surface area contributed by atoms with E-state index in [0.29, 0.717) is 5.02 Å². The summed E-state index contributed by atoms with van der Waals surface area (Å²) in [6.07, 6.45) is 1.42. The van der Waals surface area contributed by atoms with Crippen LogP contribution < -0.4 is 5.32 Å². The highest BCUT2D eigenvalue weighted by atomic mass is 35.5. The summed E-state index contributed by atoms with van der Waals surface area (Å²) in [4.78, 5) is 10.7. The Balaban J connectivity index is 1.52. The number of rotatable bonds is 3. The molecule has 0 saturated heterocycles. The maximum Gasteiger partial charge on any atom is 0.405 e. The van der Waals surface area contributed by atoms with Crippen LogP contribution in [0.3, 0.4) is 0 Å². The van der Waals surface area contributed by atoms with Gasteiger partial charge in [-0.15, -0.1) is 0 Å². The zero-order valence-electron chi connectivity index (χ0n) is 11.1. The quantitative estimate of drug-likeness (QED) is 0.911. The first-order valence-electron chi connectivity index (χ1n) is 6.75. The molecule has 3 fully saturated rings. The minimum atomic E-state index is -0.956. The second kappa shape index (κ2) is 4.01. The number of nitrogens with zero attached hydrogens (tertiary/aromatic N) is 1. The monoisotopic (exact) mass is 304 g/mol. The SMILES string of the molecule is O=C(O)NC12CC(c3cc(-c4ccc(Cl)cc4)no3)(C1)C2. The van der Waals surface area contributed by atoms with Gasteiger partial charge in [0.2, 0.25) is 0 Å². The molecule has 0 aliphatic heterocycles. The molecule has 5 rings (SSSR count). The first kappa shape index (κ1) is 12.7. The van der Waals surface area contributed by atoms with Crippen LogP contribution in [0.15, 0.2) is 34.9 Å². The Hall–Kier alpha value is -2.01. The van der Waals surface area contributed by atoms with Crippen molar-refractivity contribution in [3.63, 3.8) is 0 Å². The fourth-order valence-electron chi connectivity index (χ4n) is 3.69. The Bertz CT molecular complexity index is 703. The third kappa shape index (κ3) is 1.84. The number of carboxylic acid groups (broad SMARTS) is 1. The largest absolute Gasteiger partial charge is 0.465 e. The summed E-state index contributed by atoms with van der Waals surface area (Å²) in [5.74, 6) is 0.849. The molecule has 2 aromatic rings. The van der Waals surface area contributed by atoms with Crippen molar-refractivity contribution in [3.05, 3.63) is 41.1 Å². The van der Waals surface area contributed by atoms with Crippen molar-refractivity contribution in [2.45, 2.75) is 30.2 Å². The van der Waals surface area contributed by atoms with Crippen LogP contribution >= 0.6 is 11.6 Å². The van der Waals surface area contributed by atoms with Gasteiger partial charge in [-0.1, -0.05) is 28.9 Å². The molecule has 0 atom stereocenters. The van der Waals surface area contributed by atoms with Crippen LogP contribution in [0.4, 0.5) is 4.79 Å². The number of benzene rings is 1. The highest BCUT2D eigenvalue weighted by Crippen LogP contribution is 2.67. The van der Waals surface area contributed by atoms with E-state index in [4.69, 9.17) is 21.2 Å². The van der Waals surface area contributed by atoms with Crippen LogP contribution in [0.25, 0.3) is 11.3 Å². The van der Waals surface area contributed by atoms with Gasteiger partial charge in [0.15, 0.2) is 0 Å². The first-order valence-corrected chi connectivity index (χ1v) is 7.13. The Morgan fingerprint density at radius 1 is 1.29 bits per heavy atom. The summed E-state index contributed by atoms with van der Waals surface area (Å²) in [5.41, 5.74) is 1.48. The lowest BCUT2D eigenvalue weighted by Gasteiger charge is -2.68. The fraction of sp³-hybridized carbons (Fsp3) is 0.333. The normalized spacial score (nSPS) is 29.4. The van der Waals surface area contributed by atoms with E-state index in [9.17, 15) is 4.79 Å². The summed E-state index contributed by atoms with van der Waals surface area (Å²) >= 11 is 5.87. The molecule has 1 aromatic heterocycles. The van der Waals surface area contributed by atoms with E-state index in [2.05, 4.69) is 10.5 Å². The lowest BCUT2D eigenvalue weighted by Crippen LogP contribution is -2.76. The van der Waals surface area contributed by atoms with Gasteiger partial charge in [-0.2, -0.15) is 0 Å². The van der Waals surface area contributed by atoms with Crippen molar-refractivity contribution >= 4 is 17.7 Å². The molecule has 1 aromatic carbocycles. The molecule has 1 amide bonds. The topological polar surface area (TPSA) is 75.4 Å². The van der Waals surface area contributed by atoms with Crippen LogP contribution in [0.1, 0.15) is 25.0 Å². The van der Waals surface area contributed by atoms with E-state index >= 15 is 0 Å². The van der Waals surface area contributed by atoms with Crippen LogP contribution in [0, 0.1) is 0 Å². The van der Waals surface area contributed by atoms with Gasteiger partial charge in [0.25, 0.3) is 0 Å². The molecule has 0 spiro atoms. The number of carbonyl (C=O) groups is 1. The molecule has 1 heterocycles. The lowest BCUT2D eigenvalue weighted by molar-refractivity contribution is -0.0967. The lowest BCUT2D eigenvalue weighted by atomic mass is 9.38. The summed E-state index contributed by atoms with van der Waals surface area (Å²) in [5, 5.41) is 16.2. The van der Waals surface area contributed by atoms with Crippen molar-refractivity contribution in [1.82, 2.24) is 10.5 Å². The molecule has 0 radical (unpaired) electrons. The molecule has 21 heavy (non-hydrogen) atoms. The number of amides is 1. The molecule has 2 N–H and O–H groups in total. The predicted octanol–water partition coefficient (Wildman–Crippen LogP) is 3.44. The number of halogens is 1. The summed E-state index contributed by atoms with van der Waals surface area (Å²) in [6, 6.07) is 9.39. The Labute approximate surface area is 125 Å². The predicted molar refractivity (Wildman–Crippen MR) is 76.4 cm³/mol. The average Bonchev–Trinajstić information content (AvgIpc) is 2.82. The minimum Gasteiger partial charge on any atom is -0.465 e. The highest BCUT2D eigenvalue weighted by Gasteiger charge is 2.71. The van der Waals surface area contributed by atoms with E-state index < -0.39 is 6.09 Å². The summed E-state index contributed by atoms with van der Waals surface area (Å²) in [6.45, 7) is 0. The maximum absolute atomic E-state index is 10.7. The fourth-order valence-corrected chi connectivity index (χ4v) is 3.82. The molecule has 0 unspecified atom stereocenters. The van der Waals surface area contributed by atoms with Gasteiger partial charge in [0, 0.05) is 27.6 Å². The Morgan fingerprint density at radius 3 is 2.57 bits per heavy atom. The zero-order chi connectivity index (χ0) is 14.7. The number of hydrogen-bond acceptors (Lipinski definition) is 3. The Morgan fingerprint density at radius 2 is 1.95 bits per heavy atom. The maximum atomic E-state index is 10.7. The zero-order valence-corrected chi connectivity index (χ0v) is 11.9. The van der Waals surface area contributed by atoms with Crippen molar-refractivity contribution in [2.75, 3.05) is 0 Å². The van der Waals surface area contributed by atoms with Crippen molar-refractivity contribution in [2.24, 2.45) is 0 Å². The number of aromatic nitrogens is 1. The van der Waals surface area contributed by atoms with E-state index in [1.807, 2.05) is 30.3 Å². The van der Waals surface area contributed by atoms with Crippen LogP contribution in [-0.2, 0) is 5.41 Å². The molecule has 3 aliphatic carbocycles. The third-order valence-corrected chi connectivity index (χ3v) is 4.83. The van der Waals surface area contributed by atoms with Gasteiger partial charge in [-0.25, -0.2) is 4.79 Å². The van der Waals surface area contributed by atoms with Gasteiger partial charge in [-0.05, 0) is 31.4 Å². The highest BCUT2D eigenvalue weighted by molar-refractivity contribution is 6.30. The number of nitrogens with one attached hydrogen (secondary N) is 1. The minimum absolute atomic E-state index is 0.0277. The standard InChI is InChI=1S/C15H13ClN2O3/c16-10-3-1-9(2-4-10)11-5-12(21-18-11)14-6-15(7-14,8-14)17-13(19)20/h1-5,17H,6-8H2,(H,19,20). The summed E-state index contributed by atoms with van der Waals surface area (Å²) in [7, 11) is 0. The smallest absolute Gasteiger partial charge is 0.405 e. The molecule has 5 nitrogen and oxygen atoms in total. The van der Waals surface area contributed by atoms with Crippen LogP contribution in [0.5, 0.6) is 0 Å². The van der Waals surface area contributed by atoms with Gasteiger partial charge in [0.05, 0.1) is 0 Å². The van der Waals surface area contributed by atoms with E-state index in [1.54, 1.807) is 0 Å². The molecule has 3 saturated carbocycles. The van der Waals surface area contributed by atoms with E-state index in [1.165, 1.54) is 0 Å². The molecule has 3 aliphatic rings. The van der Waals surface area contributed by atoms with Gasteiger partial charge in [0.1, 0.15) is 11.5 Å². The van der Waals surface area contributed by atoms with Gasteiger partial charge in [-0.3, -0.25) is 0 Å².